The molecule has 0 aromatic carbocycles. The van der Waals surface area contributed by atoms with E-state index in [1.807, 2.05) is 10.6 Å². The van der Waals surface area contributed by atoms with E-state index < -0.39 is 0 Å². The van der Waals surface area contributed by atoms with E-state index in [0.29, 0.717) is 13.0 Å². The molecule has 0 aliphatic heterocycles. The summed E-state index contributed by atoms with van der Waals surface area (Å²) >= 11 is 0. The van der Waals surface area contributed by atoms with Crippen molar-refractivity contribution < 1.29 is 4.79 Å². The molecular weight excluding hydrogens is 166 g/mol. The Hall–Kier alpha value is -1.71. The van der Waals surface area contributed by atoms with Gasteiger partial charge in [-0.2, -0.15) is 0 Å². The first kappa shape index (κ1) is 7.91. The maximum atomic E-state index is 10.2. The van der Waals surface area contributed by atoms with Crippen LogP contribution in [-0.4, -0.2) is 20.8 Å². The minimum atomic E-state index is 0.514. The molecule has 0 atom stereocenters. The highest BCUT2D eigenvalue weighted by atomic mass is 16.1. The van der Waals surface area contributed by atoms with Gasteiger partial charge in [-0.15, -0.1) is 0 Å². The van der Waals surface area contributed by atoms with Crippen LogP contribution in [-0.2, 0) is 11.3 Å². The van der Waals surface area contributed by atoms with Gasteiger partial charge in [-0.05, 0) is 6.07 Å². The lowest BCUT2D eigenvalue weighted by molar-refractivity contribution is -0.108. The predicted molar refractivity (Wildman–Crippen MR) is 48.2 cm³/mol. The zero-order valence-corrected chi connectivity index (χ0v) is 7.05. The average molecular weight is 175 g/mol. The molecule has 2 aromatic rings. The highest BCUT2D eigenvalue weighted by Crippen LogP contribution is 2.09. The van der Waals surface area contributed by atoms with E-state index in [1.165, 1.54) is 0 Å². The molecule has 2 rings (SSSR count). The van der Waals surface area contributed by atoms with Crippen molar-refractivity contribution in [2.24, 2.45) is 0 Å². The van der Waals surface area contributed by atoms with Crippen LogP contribution in [0, 0.1) is 0 Å². The summed E-state index contributed by atoms with van der Waals surface area (Å²) in [5.74, 6) is 0. The van der Waals surface area contributed by atoms with Gasteiger partial charge in [0.2, 0.25) is 0 Å². The second kappa shape index (κ2) is 3.35. The quantitative estimate of drug-likeness (QED) is 0.654. The monoisotopic (exact) mass is 175 g/mol. The standard InChI is InChI=1S/C9H9N3O/c13-5-1-4-12-7-11-8-2-3-10-6-9(8)12/h2-3,5-7H,1,4H2. The Balaban J connectivity index is 2.40. The fourth-order valence-corrected chi connectivity index (χ4v) is 1.27. The van der Waals surface area contributed by atoms with Crippen molar-refractivity contribution >= 4 is 17.3 Å². The third kappa shape index (κ3) is 1.42. The smallest absolute Gasteiger partial charge is 0.121 e. The third-order valence-corrected chi connectivity index (χ3v) is 1.91. The summed E-state index contributed by atoms with van der Waals surface area (Å²) in [6.07, 6.45) is 6.62. The molecule has 2 heterocycles. The van der Waals surface area contributed by atoms with E-state index in [9.17, 15) is 4.79 Å². The van der Waals surface area contributed by atoms with Gasteiger partial charge in [0.1, 0.15) is 6.29 Å². The highest BCUT2D eigenvalue weighted by Gasteiger charge is 2.00. The number of carbonyl (C=O) groups excluding carboxylic acids is 1. The summed E-state index contributed by atoms with van der Waals surface area (Å²) in [5, 5.41) is 0. The van der Waals surface area contributed by atoms with E-state index in [2.05, 4.69) is 9.97 Å². The Morgan fingerprint density at radius 3 is 3.31 bits per heavy atom. The molecule has 0 saturated carbocycles. The van der Waals surface area contributed by atoms with E-state index in [4.69, 9.17) is 0 Å². The highest BCUT2D eigenvalue weighted by molar-refractivity contribution is 5.73. The molecule has 13 heavy (non-hydrogen) atoms. The minimum Gasteiger partial charge on any atom is -0.329 e. The molecule has 0 aliphatic carbocycles. The summed E-state index contributed by atoms with van der Waals surface area (Å²) in [4.78, 5) is 18.4. The first-order valence-electron chi connectivity index (χ1n) is 4.10. The number of hydrogen-bond donors (Lipinski definition) is 0. The first-order chi connectivity index (χ1) is 6.42. The summed E-state index contributed by atoms with van der Waals surface area (Å²) in [6, 6.07) is 1.85. The molecule has 0 N–H and O–H groups in total. The third-order valence-electron chi connectivity index (χ3n) is 1.91. The lowest BCUT2D eigenvalue weighted by Gasteiger charge is -1.98. The van der Waals surface area contributed by atoms with Crippen LogP contribution < -0.4 is 0 Å². The van der Waals surface area contributed by atoms with Crippen molar-refractivity contribution in [2.75, 3.05) is 0 Å². The van der Waals surface area contributed by atoms with Crippen molar-refractivity contribution in [3.05, 3.63) is 24.8 Å². The van der Waals surface area contributed by atoms with Crippen molar-refractivity contribution in [1.82, 2.24) is 14.5 Å². The van der Waals surface area contributed by atoms with Crippen LogP contribution in [0.2, 0.25) is 0 Å². The SMILES string of the molecule is O=CCCn1cnc2ccncc21. The molecule has 66 valence electrons. The molecule has 0 amide bonds. The Morgan fingerprint density at radius 2 is 2.46 bits per heavy atom. The number of imidazole rings is 1. The van der Waals surface area contributed by atoms with Crippen LogP contribution in [0.1, 0.15) is 6.42 Å². The summed E-state index contributed by atoms with van der Waals surface area (Å²) in [5.41, 5.74) is 1.89. The number of hydrogen-bond acceptors (Lipinski definition) is 3. The fraction of sp³-hybridized carbons (Fsp3) is 0.222. The molecule has 2 aromatic heterocycles. The number of aldehydes is 1. The van der Waals surface area contributed by atoms with Gasteiger partial charge in [-0.1, -0.05) is 0 Å². The van der Waals surface area contributed by atoms with Crippen LogP contribution in [0.5, 0.6) is 0 Å². The molecule has 0 bridgehead atoms. The first-order valence-corrected chi connectivity index (χ1v) is 4.10. The van der Waals surface area contributed by atoms with Crippen LogP contribution >= 0.6 is 0 Å². The lowest BCUT2D eigenvalue weighted by Crippen LogP contribution is -1.96. The zero-order chi connectivity index (χ0) is 9.10. The largest absolute Gasteiger partial charge is 0.329 e. The predicted octanol–water partition coefficient (Wildman–Crippen LogP) is 1.02. The molecular formula is C9H9N3O. The molecule has 0 saturated heterocycles. The average Bonchev–Trinajstić information content (AvgIpc) is 2.58. The van der Waals surface area contributed by atoms with Gasteiger partial charge in [0, 0.05) is 19.2 Å². The van der Waals surface area contributed by atoms with Crippen LogP contribution in [0.3, 0.4) is 0 Å². The van der Waals surface area contributed by atoms with Gasteiger partial charge in [-0.25, -0.2) is 4.98 Å². The second-order valence-electron chi connectivity index (χ2n) is 2.76. The summed E-state index contributed by atoms with van der Waals surface area (Å²) in [7, 11) is 0. The van der Waals surface area contributed by atoms with E-state index in [1.54, 1.807) is 18.7 Å². The summed E-state index contributed by atoms with van der Waals surface area (Å²) < 4.78 is 1.93. The number of fused-ring (bicyclic) bond motifs is 1. The van der Waals surface area contributed by atoms with Gasteiger partial charge in [-0.3, -0.25) is 4.98 Å². The molecule has 0 radical (unpaired) electrons. The van der Waals surface area contributed by atoms with Crippen LogP contribution in [0.15, 0.2) is 24.8 Å². The number of aromatic nitrogens is 3. The topological polar surface area (TPSA) is 47.8 Å². The van der Waals surface area contributed by atoms with Crippen molar-refractivity contribution in [1.29, 1.82) is 0 Å². The number of rotatable bonds is 3. The van der Waals surface area contributed by atoms with Crippen molar-refractivity contribution in [3.63, 3.8) is 0 Å². The Bertz CT molecular complexity index is 421. The van der Waals surface area contributed by atoms with E-state index in [0.717, 1.165) is 17.3 Å². The number of pyridine rings is 1. The van der Waals surface area contributed by atoms with E-state index in [-0.39, 0.29) is 0 Å². The molecule has 4 heteroatoms. The number of carbonyl (C=O) groups is 1. The van der Waals surface area contributed by atoms with Crippen molar-refractivity contribution in [3.8, 4) is 0 Å². The maximum Gasteiger partial charge on any atom is 0.121 e. The maximum absolute atomic E-state index is 10.2. The van der Waals surface area contributed by atoms with Gasteiger partial charge >= 0.3 is 0 Å². The van der Waals surface area contributed by atoms with Gasteiger partial charge in [0.25, 0.3) is 0 Å². The molecule has 4 nitrogen and oxygen atoms in total. The van der Waals surface area contributed by atoms with Gasteiger partial charge < -0.3 is 9.36 Å². The van der Waals surface area contributed by atoms with Crippen molar-refractivity contribution in [2.45, 2.75) is 13.0 Å². The number of aryl methyl sites for hydroxylation is 1. The zero-order valence-electron chi connectivity index (χ0n) is 7.05. The Morgan fingerprint density at radius 1 is 1.54 bits per heavy atom. The molecule has 0 aliphatic rings. The lowest BCUT2D eigenvalue weighted by atomic mass is 10.4. The molecule has 0 fully saturated rings. The second-order valence-corrected chi connectivity index (χ2v) is 2.76. The molecule has 0 spiro atoms. The van der Waals surface area contributed by atoms with E-state index >= 15 is 0 Å². The normalized spacial score (nSPS) is 10.5. The number of nitrogens with zero attached hydrogens (tertiary/aromatic N) is 3. The van der Waals surface area contributed by atoms with Gasteiger partial charge in [0.05, 0.1) is 23.6 Å². The molecule has 0 unspecified atom stereocenters. The minimum absolute atomic E-state index is 0.514. The Kier molecular flexibility index (Phi) is 2.04. The summed E-state index contributed by atoms with van der Waals surface area (Å²) in [6.45, 7) is 0.672. The fourth-order valence-electron chi connectivity index (χ4n) is 1.27. The Labute approximate surface area is 75.2 Å². The van der Waals surface area contributed by atoms with Gasteiger partial charge in [0.15, 0.2) is 0 Å². The van der Waals surface area contributed by atoms with Crippen LogP contribution in [0.25, 0.3) is 11.0 Å². The van der Waals surface area contributed by atoms with Crippen LogP contribution in [0.4, 0.5) is 0 Å².